The van der Waals surface area contributed by atoms with Gasteiger partial charge < -0.3 is 45.1 Å². The lowest BCUT2D eigenvalue weighted by atomic mass is 9.62. The number of amides is 2. The van der Waals surface area contributed by atoms with E-state index in [0.29, 0.717) is 35.3 Å². The predicted molar refractivity (Wildman–Crippen MR) is 329 cm³/mol. The Morgan fingerprint density at radius 3 is 2.35 bits per heavy atom. The summed E-state index contributed by atoms with van der Waals surface area (Å²) in [6.07, 6.45) is 3.13. The number of hydrogen-bond acceptors (Lipinski definition) is 13. The molecule has 6 aromatic carbocycles. The minimum atomic E-state index is -1.80. The molecule has 86 heavy (non-hydrogen) atoms. The van der Waals surface area contributed by atoms with E-state index in [1.807, 2.05) is 45.0 Å². The molecule has 7 aromatic rings. The molecule has 0 spiro atoms. The van der Waals surface area contributed by atoms with Gasteiger partial charge in [-0.15, -0.1) is 0 Å². The van der Waals surface area contributed by atoms with E-state index in [4.69, 9.17) is 54.0 Å². The molecule has 0 unspecified atom stereocenters. The highest BCUT2D eigenvalue weighted by molar-refractivity contribution is 6.35. The van der Waals surface area contributed by atoms with Crippen molar-refractivity contribution in [3.05, 3.63) is 152 Å². The van der Waals surface area contributed by atoms with E-state index < -0.39 is 58.0 Å². The van der Waals surface area contributed by atoms with Crippen molar-refractivity contribution < 1.29 is 46.9 Å². The number of phenols is 1. The second-order valence-corrected chi connectivity index (χ2v) is 24.2. The van der Waals surface area contributed by atoms with Crippen molar-refractivity contribution >= 4 is 85.8 Å². The Morgan fingerprint density at radius 2 is 1.62 bits per heavy atom. The third-order valence-electron chi connectivity index (χ3n) is 15.9. The number of anilines is 2. The van der Waals surface area contributed by atoms with Crippen LogP contribution in [0.1, 0.15) is 85.8 Å². The molecule has 3 heterocycles. The van der Waals surface area contributed by atoms with Crippen LogP contribution in [0.25, 0.3) is 32.8 Å². The Kier molecular flexibility index (Phi) is 20.3. The molecule has 9 rings (SSSR count). The van der Waals surface area contributed by atoms with Gasteiger partial charge in [-0.05, 0) is 102 Å². The van der Waals surface area contributed by atoms with Crippen LogP contribution in [0.3, 0.4) is 0 Å². The average molecular weight is 1240 g/mol. The van der Waals surface area contributed by atoms with Crippen LogP contribution in [0.15, 0.2) is 97.1 Å². The summed E-state index contributed by atoms with van der Waals surface area (Å²) in [4.78, 5) is 54.3. The van der Waals surface area contributed by atoms with Gasteiger partial charge in [0.15, 0.2) is 11.6 Å². The van der Waals surface area contributed by atoms with Crippen LogP contribution in [0.5, 0.6) is 11.5 Å². The highest BCUT2D eigenvalue weighted by Crippen LogP contribution is 2.53. The van der Waals surface area contributed by atoms with Gasteiger partial charge in [0.25, 0.3) is 5.91 Å². The fraction of sp³-hybridized carbons (Fsp3) is 0.385. The molecule has 2 aliphatic heterocycles. The number of carbonyl (C=O) groups excluding carboxylic acids is 3. The SMILES string of the molecule is COc1cc(C(=O)NCCOCCOCCN(C)C(=O)CCNc2nc(N3CCCCC3)c3cc(Cl)c(-c4cc(O)cc5ccccc45)c(F)c3n2)ccc1CC(=O)[C@@H]1N[C@@H](CC(C)(C)C)[C@](C#N)(c2ccc(Cl)cc2F)[C@H]1c1cccc(Cl)c1F. The number of ether oxygens (including phenoxy) is 3. The molecule has 452 valence electrons. The average Bonchev–Trinajstić information content (AvgIpc) is 1.51. The number of aromatic nitrogens is 2. The van der Waals surface area contributed by atoms with Gasteiger partial charge in [-0.3, -0.25) is 14.4 Å². The number of methoxy groups -OCH3 is 1. The Hall–Kier alpha value is -7.24. The number of fused-ring (bicyclic) bond motifs is 2. The number of aromatic hydroxyl groups is 1. The zero-order valence-corrected chi connectivity index (χ0v) is 50.7. The van der Waals surface area contributed by atoms with Crippen molar-refractivity contribution in [3.63, 3.8) is 0 Å². The number of nitrogens with one attached hydrogen (secondary N) is 3. The smallest absolute Gasteiger partial charge is 0.251 e. The van der Waals surface area contributed by atoms with Crippen LogP contribution < -0.4 is 25.6 Å². The van der Waals surface area contributed by atoms with Gasteiger partial charge >= 0.3 is 0 Å². The quantitative estimate of drug-likeness (QED) is 0.0443. The van der Waals surface area contributed by atoms with Crippen LogP contribution >= 0.6 is 34.8 Å². The summed E-state index contributed by atoms with van der Waals surface area (Å²) in [6.45, 7) is 8.85. The number of hydrogen-bond donors (Lipinski definition) is 4. The molecule has 21 heteroatoms. The molecule has 2 saturated heterocycles. The molecule has 1 aromatic heterocycles. The first-order valence-electron chi connectivity index (χ1n) is 28.6. The Morgan fingerprint density at radius 1 is 0.860 bits per heavy atom. The molecule has 2 aliphatic rings. The maximum Gasteiger partial charge on any atom is 0.251 e. The van der Waals surface area contributed by atoms with Gasteiger partial charge in [0.2, 0.25) is 11.9 Å². The van der Waals surface area contributed by atoms with E-state index in [1.54, 1.807) is 36.2 Å². The molecule has 0 saturated carbocycles. The summed E-state index contributed by atoms with van der Waals surface area (Å²) < 4.78 is 66.4. The normalized spacial score (nSPS) is 17.8. The topological polar surface area (TPSA) is 191 Å². The highest BCUT2D eigenvalue weighted by atomic mass is 35.5. The number of halogens is 6. The lowest BCUT2D eigenvalue weighted by Crippen LogP contribution is -2.44. The Balaban J connectivity index is 0.746. The van der Waals surface area contributed by atoms with Crippen LogP contribution in [0, 0.1) is 34.2 Å². The summed E-state index contributed by atoms with van der Waals surface area (Å²) in [5.41, 5.74) is -0.980. The van der Waals surface area contributed by atoms with Crippen molar-refractivity contribution in [2.24, 2.45) is 5.41 Å². The predicted octanol–water partition coefficient (Wildman–Crippen LogP) is 12.4. The lowest BCUT2D eigenvalue weighted by molar-refractivity contribution is -0.130. The van der Waals surface area contributed by atoms with Gasteiger partial charge in [0.05, 0.1) is 55.7 Å². The Labute approximate surface area is 513 Å². The maximum atomic E-state index is 16.9. The van der Waals surface area contributed by atoms with Crippen molar-refractivity contribution in [2.75, 3.05) is 83.5 Å². The second-order valence-electron chi connectivity index (χ2n) is 22.9. The Bertz CT molecular complexity index is 3710. The van der Waals surface area contributed by atoms with Crippen LogP contribution in [-0.4, -0.2) is 123 Å². The van der Waals surface area contributed by atoms with Gasteiger partial charge in [-0.2, -0.15) is 10.2 Å². The molecule has 2 fully saturated rings. The molecule has 0 aliphatic carbocycles. The number of benzene rings is 6. The molecule has 15 nitrogen and oxygen atoms in total. The molecule has 0 radical (unpaired) electrons. The molecule has 4 N–H and O–H groups in total. The van der Waals surface area contributed by atoms with Crippen molar-refractivity contribution in [2.45, 2.75) is 82.7 Å². The minimum Gasteiger partial charge on any atom is -0.508 e. The molecular formula is C65H68Cl3F3N8O7. The zero-order valence-electron chi connectivity index (χ0n) is 48.5. The standard InChI is InChI=1S/C65H68Cl3F3N8O7/c1-64(2,3)36-53-65(37-72,47-19-18-41(66)33-50(47)69)56(44-14-11-15-48(67)57(44)70)60(75-53)51(81)31-39-16-17-40(32-52(39)84-5)62(83)73-22-26-85-28-29-86-27-25-78(4)54(82)20-21-74-63-76-59-46(61(77-63)79-23-9-6-10-24-79)35-49(68)55(58(59)71)45-34-42(80)30-38-12-7-8-13-43(38)45/h7-8,11-19,30,32-35,53,56,60,75,80H,6,9-10,20-29,31,36H2,1-5H3,(H,73,83)(H,74,76,77)/t53-,56-,60-,65-/m0/s1. The number of Topliss-reactive ketones (excluding diaryl/α,β-unsaturated/α-hetero) is 1. The third kappa shape index (κ3) is 13.9. The van der Waals surface area contributed by atoms with Gasteiger partial charge in [-0.25, -0.2) is 18.2 Å². The van der Waals surface area contributed by atoms with Gasteiger partial charge in [-0.1, -0.05) is 104 Å². The van der Waals surface area contributed by atoms with E-state index in [1.165, 1.54) is 49.6 Å². The zero-order chi connectivity index (χ0) is 61.5. The lowest BCUT2D eigenvalue weighted by Gasteiger charge is -2.37. The van der Waals surface area contributed by atoms with Crippen LogP contribution in [-0.2, 0) is 30.9 Å². The maximum absolute atomic E-state index is 16.9. The van der Waals surface area contributed by atoms with Gasteiger partial charge in [0.1, 0.15) is 39.9 Å². The first-order chi connectivity index (χ1) is 41.2. The van der Waals surface area contributed by atoms with Crippen molar-refractivity contribution in [3.8, 4) is 28.7 Å². The first kappa shape index (κ1) is 63.3. The fourth-order valence-corrected chi connectivity index (χ4v) is 12.4. The number of likely N-dealkylation sites (N-methyl/N-ethyl adjacent to an activating group) is 1. The molecule has 2 amide bonds. The van der Waals surface area contributed by atoms with E-state index >= 15 is 13.2 Å². The van der Waals surface area contributed by atoms with E-state index in [9.17, 15) is 24.8 Å². The minimum absolute atomic E-state index is 0.0211. The number of nitriles is 1. The first-order valence-corrected chi connectivity index (χ1v) is 29.7. The molecular weight excluding hydrogens is 1170 g/mol. The summed E-state index contributed by atoms with van der Waals surface area (Å²) in [5, 5.41) is 33.1. The number of piperidine rings is 1. The third-order valence-corrected chi connectivity index (χ3v) is 16.7. The number of carbonyl (C=O) groups is 3. The molecule has 4 atom stereocenters. The van der Waals surface area contributed by atoms with Crippen molar-refractivity contribution in [1.82, 2.24) is 25.5 Å². The monoisotopic (exact) mass is 1230 g/mol. The van der Waals surface area contributed by atoms with Crippen LogP contribution in [0.4, 0.5) is 24.9 Å². The highest BCUT2D eigenvalue weighted by Gasteiger charge is 2.61. The largest absolute Gasteiger partial charge is 0.508 e. The fourth-order valence-electron chi connectivity index (χ4n) is 11.8. The van der Waals surface area contributed by atoms with E-state index in [0.717, 1.165) is 49.2 Å². The number of ketones is 1. The second kappa shape index (κ2) is 27.6. The summed E-state index contributed by atoms with van der Waals surface area (Å²) in [7, 11) is 3.08. The number of phenolic OH excluding ortho intramolecular Hbond substituents is 1. The summed E-state index contributed by atoms with van der Waals surface area (Å²) in [5.74, 6) is -3.56. The van der Waals surface area contributed by atoms with E-state index in [2.05, 4.69) is 31.9 Å². The number of rotatable bonds is 23. The molecule has 0 bridgehead atoms. The summed E-state index contributed by atoms with van der Waals surface area (Å²) in [6, 6.07) is 25.5. The number of nitrogens with zero attached hydrogens (tertiary/aromatic N) is 5. The van der Waals surface area contributed by atoms with Crippen LogP contribution in [0.2, 0.25) is 15.1 Å². The van der Waals surface area contributed by atoms with Gasteiger partial charge in [0, 0.05) is 97.2 Å². The summed E-state index contributed by atoms with van der Waals surface area (Å²) >= 11 is 19.4. The van der Waals surface area contributed by atoms with Crippen molar-refractivity contribution in [1.29, 1.82) is 5.26 Å². The van der Waals surface area contributed by atoms with E-state index in [-0.39, 0.29) is 119 Å².